The number of rotatable bonds is 5. The molecule has 1 rings (SSSR count). The molecule has 1 aromatic rings. The monoisotopic (exact) mass is 278 g/mol. The minimum Gasteiger partial charge on any atom is -0.507 e. The lowest BCUT2D eigenvalue weighted by atomic mass is 10.00. The molecular weight excluding hydrogens is 256 g/mol. The van der Waals surface area contributed by atoms with Gasteiger partial charge in [-0.25, -0.2) is 0 Å². The summed E-state index contributed by atoms with van der Waals surface area (Å²) in [4.78, 5) is 23.7. The number of likely N-dealkylation sites (N-methyl/N-ethyl adjacent to an activating group) is 1. The molecule has 0 aliphatic heterocycles. The molecule has 0 spiro atoms. The zero-order valence-electron chi connectivity index (χ0n) is 12.4. The Hall–Kier alpha value is -2.04. The van der Waals surface area contributed by atoms with Crippen LogP contribution >= 0.6 is 0 Å². The van der Waals surface area contributed by atoms with E-state index in [4.69, 9.17) is 0 Å². The van der Waals surface area contributed by atoms with Crippen LogP contribution in [0.5, 0.6) is 5.75 Å². The molecule has 20 heavy (non-hydrogen) atoms. The molecule has 110 valence electrons. The molecule has 5 nitrogen and oxygen atoms in total. The standard InChI is InChI=1S/C15H22N2O3/c1-5-16-14(19)10(4)17-15(20)12-8-11(9(2)3)6-7-13(12)18/h6-10,18H,5H2,1-4H3,(H,16,19)(H,17,20). The van der Waals surface area contributed by atoms with Crippen LogP contribution in [0.4, 0.5) is 0 Å². The van der Waals surface area contributed by atoms with Crippen LogP contribution in [0.1, 0.15) is 49.5 Å². The molecule has 5 heteroatoms. The van der Waals surface area contributed by atoms with Gasteiger partial charge in [0.15, 0.2) is 0 Å². The van der Waals surface area contributed by atoms with E-state index in [-0.39, 0.29) is 23.1 Å². The number of amides is 2. The number of carbonyl (C=O) groups excluding carboxylic acids is 2. The number of benzene rings is 1. The number of aromatic hydroxyl groups is 1. The van der Waals surface area contributed by atoms with Crippen LogP contribution in [-0.2, 0) is 4.79 Å². The molecule has 0 radical (unpaired) electrons. The zero-order chi connectivity index (χ0) is 15.3. The van der Waals surface area contributed by atoms with Crippen molar-refractivity contribution < 1.29 is 14.7 Å². The first-order chi connectivity index (χ1) is 9.36. The SMILES string of the molecule is CCNC(=O)C(C)NC(=O)c1cc(C(C)C)ccc1O. The summed E-state index contributed by atoms with van der Waals surface area (Å²) >= 11 is 0. The molecule has 1 atom stereocenters. The first-order valence-corrected chi connectivity index (χ1v) is 6.78. The molecule has 0 saturated carbocycles. The quantitative estimate of drug-likeness (QED) is 0.768. The van der Waals surface area contributed by atoms with E-state index in [0.717, 1.165) is 5.56 Å². The number of hydrogen-bond donors (Lipinski definition) is 3. The maximum atomic E-state index is 12.1. The Balaban J connectivity index is 2.87. The van der Waals surface area contributed by atoms with Crippen molar-refractivity contribution in [3.8, 4) is 5.75 Å². The third kappa shape index (κ3) is 3.98. The number of phenolic OH excluding ortho intramolecular Hbond substituents is 1. The summed E-state index contributed by atoms with van der Waals surface area (Å²) in [6.45, 7) is 7.93. The predicted octanol–water partition coefficient (Wildman–Crippen LogP) is 1.77. The molecule has 0 aliphatic carbocycles. The van der Waals surface area contributed by atoms with Crippen LogP contribution in [0, 0.1) is 0 Å². The lowest BCUT2D eigenvalue weighted by molar-refractivity contribution is -0.122. The third-order valence-electron chi connectivity index (χ3n) is 3.02. The lowest BCUT2D eigenvalue weighted by Gasteiger charge is -2.15. The summed E-state index contributed by atoms with van der Waals surface area (Å²) in [6, 6.07) is 4.29. The Labute approximate surface area is 119 Å². The average molecular weight is 278 g/mol. The second-order valence-electron chi connectivity index (χ2n) is 5.02. The van der Waals surface area contributed by atoms with E-state index < -0.39 is 11.9 Å². The van der Waals surface area contributed by atoms with E-state index in [0.29, 0.717) is 6.54 Å². The zero-order valence-corrected chi connectivity index (χ0v) is 12.4. The second-order valence-corrected chi connectivity index (χ2v) is 5.02. The van der Waals surface area contributed by atoms with E-state index in [9.17, 15) is 14.7 Å². The van der Waals surface area contributed by atoms with Gasteiger partial charge in [0.05, 0.1) is 5.56 Å². The fourth-order valence-electron chi connectivity index (χ4n) is 1.76. The van der Waals surface area contributed by atoms with Gasteiger partial charge in [-0.1, -0.05) is 19.9 Å². The van der Waals surface area contributed by atoms with Crippen LogP contribution in [0.2, 0.25) is 0 Å². The summed E-state index contributed by atoms with van der Waals surface area (Å²) in [6.07, 6.45) is 0. The molecule has 1 unspecified atom stereocenters. The minimum atomic E-state index is -0.649. The van der Waals surface area contributed by atoms with Gasteiger partial charge in [0.1, 0.15) is 11.8 Å². The summed E-state index contributed by atoms with van der Waals surface area (Å²) in [5.41, 5.74) is 1.14. The van der Waals surface area contributed by atoms with Crippen LogP contribution < -0.4 is 10.6 Å². The molecule has 1 aromatic carbocycles. The van der Waals surface area contributed by atoms with Gasteiger partial charge in [0, 0.05) is 6.54 Å². The topological polar surface area (TPSA) is 78.4 Å². The van der Waals surface area contributed by atoms with E-state index >= 15 is 0 Å². The summed E-state index contributed by atoms with van der Waals surface area (Å²) < 4.78 is 0. The Morgan fingerprint density at radius 2 is 1.90 bits per heavy atom. The van der Waals surface area contributed by atoms with E-state index in [2.05, 4.69) is 10.6 Å². The van der Waals surface area contributed by atoms with Crippen LogP contribution in [0.25, 0.3) is 0 Å². The van der Waals surface area contributed by atoms with E-state index in [1.807, 2.05) is 20.8 Å². The van der Waals surface area contributed by atoms with Gasteiger partial charge >= 0.3 is 0 Å². The van der Waals surface area contributed by atoms with Crippen molar-refractivity contribution in [1.29, 1.82) is 0 Å². The Bertz CT molecular complexity index is 498. The fourth-order valence-corrected chi connectivity index (χ4v) is 1.76. The maximum absolute atomic E-state index is 12.1. The number of hydrogen-bond acceptors (Lipinski definition) is 3. The highest BCUT2D eigenvalue weighted by atomic mass is 16.3. The Morgan fingerprint density at radius 1 is 1.25 bits per heavy atom. The fraction of sp³-hybridized carbons (Fsp3) is 0.467. The minimum absolute atomic E-state index is 0.0880. The van der Waals surface area contributed by atoms with Gasteiger partial charge in [-0.2, -0.15) is 0 Å². The highest BCUT2D eigenvalue weighted by Crippen LogP contribution is 2.23. The molecule has 0 aromatic heterocycles. The Kier molecular flexibility index (Phi) is 5.55. The third-order valence-corrected chi connectivity index (χ3v) is 3.02. The number of carbonyl (C=O) groups is 2. The first-order valence-electron chi connectivity index (χ1n) is 6.78. The van der Waals surface area contributed by atoms with Crippen molar-refractivity contribution in [1.82, 2.24) is 10.6 Å². The normalized spacial score (nSPS) is 12.1. The molecule has 3 N–H and O–H groups in total. The molecule has 0 bridgehead atoms. The molecule has 2 amide bonds. The molecule has 0 fully saturated rings. The molecule has 0 aliphatic rings. The van der Waals surface area contributed by atoms with Crippen LogP contribution in [0.3, 0.4) is 0 Å². The predicted molar refractivity (Wildman–Crippen MR) is 77.8 cm³/mol. The summed E-state index contributed by atoms with van der Waals surface area (Å²) in [5.74, 6) is -0.540. The van der Waals surface area contributed by atoms with Crippen LogP contribution in [-0.4, -0.2) is 29.5 Å². The van der Waals surface area contributed by atoms with Crippen molar-refractivity contribution >= 4 is 11.8 Å². The van der Waals surface area contributed by atoms with E-state index in [1.54, 1.807) is 19.1 Å². The highest BCUT2D eigenvalue weighted by molar-refractivity contribution is 5.99. The van der Waals surface area contributed by atoms with Crippen molar-refractivity contribution in [3.05, 3.63) is 29.3 Å². The van der Waals surface area contributed by atoms with Crippen molar-refractivity contribution in [3.63, 3.8) is 0 Å². The maximum Gasteiger partial charge on any atom is 0.255 e. The molecule has 0 heterocycles. The van der Waals surface area contributed by atoms with Gasteiger partial charge in [-0.3, -0.25) is 9.59 Å². The molecular formula is C15H22N2O3. The summed E-state index contributed by atoms with van der Waals surface area (Å²) in [7, 11) is 0. The Morgan fingerprint density at radius 3 is 2.45 bits per heavy atom. The van der Waals surface area contributed by atoms with Crippen LogP contribution in [0.15, 0.2) is 18.2 Å². The first kappa shape index (κ1) is 16.0. The van der Waals surface area contributed by atoms with Crippen molar-refractivity contribution in [2.45, 2.75) is 39.7 Å². The lowest BCUT2D eigenvalue weighted by Crippen LogP contribution is -2.44. The van der Waals surface area contributed by atoms with Gasteiger partial charge < -0.3 is 15.7 Å². The van der Waals surface area contributed by atoms with Crippen molar-refractivity contribution in [2.24, 2.45) is 0 Å². The number of nitrogens with one attached hydrogen (secondary N) is 2. The molecule has 0 saturated heterocycles. The largest absolute Gasteiger partial charge is 0.507 e. The summed E-state index contributed by atoms with van der Waals surface area (Å²) in [5, 5.41) is 15.0. The second kappa shape index (κ2) is 6.93. The highest BCUT2D eigenvalue weighted by Gasteiger charge is 2.18. The van der Waals surface area contributed by atoms with E-state index in [1.165, 1.54) is 6.07 Å². The van der Waals surface area contributed by atoms with Gasteiger partial charge in [0.2, 0.25) is 5.91 Å². The van der Waals surface area contributed by atoms with Gasteiger partial charge in [-0.05, 0) is 37.5 Å². The average Bonchev–Trinajstić information content (AvgIpc) is 2.38. The smallest absolute Gasteiger partial charge is 0.255 e. The van der Waals surface area contributed by atoms with Crippen molar-refractivity contribution in [2.75, 3.05) is 6.54 Å². The van der Waals surface area contributed by atoms with Gasteiger partial charge in [-0.15, -0.1) is 0 Å². The number of phenols is 1. The van der Waals surface area contributed by atoms with Gasteiger partial charge in [0.25, 0.3) is 5.91 Å².